The minimum atomic E-state index is 0.109. The van der Waals surface area contributed by atoms with Gasteiger partial charge in [0.2, 0.25) is 0 Å². The van der Waals surface area contributed by atoms with Crippen molar-refractivity contribution in [2.45, 2.75) is 26.5 Å². The zero-order valence-electron chi connectivity index (χ0n) is 6.72. The van der Waals surface area contributed by atoms with Gasteiger partial charge in [0.1, 0.15) is 6.23 Å². The molecule has 3 nitrogen and oxygen atoms in total. The Bertz CT molecular complexity index is 143. The molecule has 1 aliphatic heterocycles. The van der Waals surface area contributed by atoms with Gasteiger partial charge < -0.3 is 4.74 Å². The first kappa shape index (κ1) is 7.54. The van der Waals surface area contributed by atoms with E-state index in [1.54, 1.807) is 7.11 Å². The molecule has 1 aliphatic rings. The Morgan fingerprint density at radius 1 is 1.70 bits per heavy atom. The summed E-state index contributed by atoms with van der Waals surface area (Å²) < 4.78 is 5.07. The summed E-state index contributed by atoms with van der Waals surface area (Å²) in [4.78, 5) is 0. The smallest absolute Gasteiger partial charge is 0.147 e. The largest absolute Gasteiger partial charge is 0.360 e. The van der Waals surface area contributed by atoms with Crippen LogP contribution in [0.2, 0.25) is 0 Å². The van der Waals surface area contributed by atoms with E-state index in [9.17, 15) is 0 Å². The van der Waals surface area contributed by atoms with E-state index in [-0.39, 0.29) is 6.23 Å². The predicted octanol–water partition coefficient (Wildman–Crippen LogP) is 0.964. The normalized spacial score (nSPS) is 24.8. The second kappa shape index (κ2) is 3.01. The average Bonchev–Trinajstić information content (AvgIpc) is 2.34. The number of hydrogen-bond donors (Lipinski definition) is 1. The molecule has 0 aromatic heterocycles. The summed E-state index contributed by atoms with van der Waals surface area (Å²) in [6.07, 6.45) is 1.03. The Morgan fingerprint density at radius 3 is 2.70 bits per heavy atom. The second-order valence-electron chi connectivity index (χ2n) is 2.82. The van der Waals surface area contributed by atoms with Crippen LogP contribution in [0.1, 0.15) is 20.3 Å². The molecule has 0 saturated heterocycles. The molecule has 0 amide bonds. The fourth-order valence-corrected chi connectivity index (χ4v) is 0.937. The Morgan fingerprint density at radius 2 is 2.40 bits per heavy atom. The van der Waals surface area contributed by atoms with Gasteiger partial charge in [-0.15, -0.1) is 0 Å². The van der Waals surface area contributed by atoms with Gasteiger partial charge in [0.05, 0.1) is 0 Å². The fourth-order valence-electron chi connectivity index (χ4n) is 0.937. The highest BCUT2D eigenvalue weighted by molar-refractivity contribution is 5.87. The van der Waals surface area contributed by atoms with Crippen LogP contribution < -0.4 is 5.43 Å². The molecule has 3 heteroatoms. The van der Waals surface area contributed by atoms with Crippen LogP contribution in [0.25, 0.3) is 0 Å². The van der Waals surface area contributed by atoms with Crippen molar-refractivity contribution in [3.05, 3.63) is 0 Å². The van der Waals surface area contributed by atoms with Gasteiger partial charge in [0.25, 0.3) is 0 Å². The maximum Gasteiger partial charge on any atom is 0.147 e. The van der Waals surface area contributed by atoms with E-state index in [0.29, 0.717) is 5.92 Å². The Hall–Kier alpha value is -0.570. The van der Waals surface area contributed by atoms with Crippen LogP contribution in [-0.4, -0.2) is 19.0 Å². The van der Waals surface area contributed by atoms with Crippen molar-refractivity contribution < 1.29 is 4.74 Å². The van der Waals surface area contributed by atoms with Crippen LogP contribution in [-0.2, 0) is 4.74 Å². The molecule has 0 aliphatic carbocycles. The van der Waals surface area contributed by atoms with Crippen molar-refractivity contribution in [1.29, 1.82) is 0 Å². The summed E-state index contributed by atoms with van der Waals surface area (Å²) in [5.74, 6) is 0.535. The molecule has 58 valence electrons. The lowest BCUT2D eigenvalue weighted by Crippen LogP contribution is -2.21. The third-order valence-electron chi connectivity index (χ3n) is 1.70. The zero-order valence-corrected chi connectivity index (χ0v) is 6.72. The van der Waals surface area contributed by atoms with Crippen LogP contribution >= 0.6 is 0 Å². The maximum absolute atomic E-state index is 5.07. The lowest BCUT2D eigenvalue weighted by atomic mass is 10.1. The monoisotopic (exact) mass is 142 g/mol. The third kappa shape index (κ3) is 1.48. The van der Waals surface area contributed by atoms with Gasteiger partial charge in [-0.25, -0.2) is 0 Å². The molecule has 0 radical (unpaired) electrons. The van der Waals surface area contributed by atoms with Crippen molar-refractivity contribution in [2.75, 3.05) is 7.11 Å². The molecule has 0 saturated carbocycles. The summed E-state index contributed by atoms with van der Waals surface area (Å²) in [5.41, 5.74) is 4.10. The summed E-state index contributed by atoms with van der Waals surface area (Å²) in [5, 5.41) is 4.13. The summed E-state index contributed by atoms with van der Waals surface area (Å²) in [6.45, 7) is 4.27. The lowest BCUT2D eigenvalue weighted by Gasteiger charge is -2.06. The van der Waals surface area contributed by atoms with Gasteiger partial charge in [0, 0.05) is 19.2 Å². The van der Waals surface area contributed by atoms with E-state index in [0.717, 1.165) is 6.42 Å². The van der Waals surface area contributed by atoms with Crippen LogP contribution in [0.4, 0.5) is 0 Å². The van der Waals surface area contributed by atoms with E-state index in [1.807, 2.05) is 0 Å². The average molecular weight is 142 g/mol. The van der Waals surface area contributed by atoms with Crippen LogP contribution in [0.15, 0.2) is 5.10 Å². The quantitative estimate of drug-likeness (QED) is 0.623. The zero-order chi connectivity index (χ0) is 7.56. The van der Waals surface area contributed by atoms with Gasteiger partial charge in [-0.3, -0.25) is 5.43 Å². The number of rotatable bonds is 2. The molecule has 0 fully saturated rings. The highest BCUT2D eigenvalue weighted by Gasteiger charge is 2.18. The molecule has 1 heterocycles. The van der Waals surface area contributed by atoms with Gasteiger partial charge in [-0.2, -0.15) is 5.10 Å². The van der Waals surface area contributed by atoms with Crippen LogP contribution in [0, 0.1) is 5.92 Å². The maximum atomic E-state index is 5.07. The number of hydrazone groups is 1. The standard InChI is InChI=1S/C7H14N2O/c1-5(2)6-4-7(10-3)9-8-6/h5,7,9H,4H2,1-3H3. The van der Waals surface area contributed by atoms with E-state index >= 15 is 0 Å². The molecule has 1 atom stereocenters. The molecule has 0 spiro atoms. The first-order chi connectivity index (χ1) is 4.74. The minimum absolute atomic E-state index is 0.109. The van der Waals surface area contributed by atoms with Gasteiger partial charge in [0.15, 0.2) is 0 Å². The Labute approximate surface area is 61.5 Å². The lowest BCUT2D eigenvalue weighted by molar-refractivity contribution is 0.0893. The Balaban J connectivity index is 2.39. The molecule has 0 aromatic carbocycles. The van der Waals surface area contributed by atoms with E-state index in [1.165, 1.54) is 5.71 Å². The molecule has 1 unspecified atom stereocenters. The predicted molar refractivity (Wildman–Crippen MR) is 40.8 cm³/mol. The van der Waals surface area contributed by atoms with Crippen molar-refractivity contribution in [1.82, 2.24) is 5.43 Å². The summed E-state index contributed by atoms with van der Waals surface area (Å²) in [6, 6.07) is 0. The number of ether oxygens (including phenoxy) is 1. The highest BCUT2D eigenvalue weighted by Crippen LogP contribution is 2.10. The first-order valence-electron chi connectivity index (χ1n) is 3.59. The first-order valence-corrected chi connectivity index (χ1v) is 3.59. The molecule has 0 bridgehead atoms. The SMILES string of the molecule is COC1CC(C(C)C)=NN1. The van der Waals surface area contributed by atoms with Crippen molar-refractivity contribution in [3.8, 4) is 0 Å². The summed E-state index contributed by atoms with van der Waals surface area (Å²) in [7, 11) is 1.69. The Kier molecular flexibility index (Phi) is 2.27. The highest BCUT2D eigenvalue weighted by atomic mass is 16.5. The molecular weight excluding hydrogens is 128 g/mol. The summed E-state index contributed by atoms with van der Waals surface area (Å²) >= 11 is 0. The van der Waals surface area contributed by atoms with E-state index in [2.05, 4.69) is 24.4 Å². The van der Waals surface area contributed by atoms with Gasteiger partial charge in [-0.1, -0.05) is 13.8 Å². The number of nitrogens with zero attached hydrogens (tertiary/aromatic N) is 1. The van der Waals surface area contributed by atoms with Crippen LogP contribution in [0.3, 0.4) is 0 Å². The number of nitrogens with one attached hydrogen (secondary N) is 1. The van der Waals surface area contributed by atoms with Gasteiger partial charge in [-0.05, 0) is 5.92 Å². The fraction of sp³-hybridized carbons (Fsp3) is 0.857. The van der Waals surface area contributed by atoms with Crippen molar-refractivity contribution in [2.24, 2.45) is 11.0 Å². The molecule has 0 aromatic rings. The molecular formula is C7H14N2O. The molecule has 1 N–H and O–H groups in total. The molecule has 1 rings (SSSR count). The van der Waals surface area contributed by atoms with Crippen molar-refractivity contribution >= 4 is 5.71 Å². The third-order valence-corrected chi connectivity index (χ3v) is 1.70. The minimum Gasteiger partial charge on any atom is -0.360 e. The molecule has 10 heavy (non-hydrogen) atoms. The van der Waals surface area contributed by atoms with E-state index < -0.39 is 0 Å². The number of hydrogen-bond acceptors (Lipinski definition) is 3. The number of methoxy groups -OCH3 is 1. The van der Waals surface area contributed by atoms with Crippen LogP contribution in [0.5, 0.6) is 0 Å². The van der Waals surface area contributed by atoms with Crippen molar-refractivity contribution in [3.63, 3.8) is 0 Å². The van der Waals surface area contributed by atoms with Gasteiger partial charge >= 0.3 is 0 Å². The van der Waals surface area contributed by atoms with E-state index in [4.69, 9.17) is 4.74 Å². The second-order valence-corrected chi connectivity index (χ2v) is 2.82. The topological polar surface area (TPSA) is 33.6 Å².